The van der Waals surface area contributed by atoms with Gasteiger partial charge in [0.15, 0.2) is 0 Å². The van der Waals surface area contributed by atoms with Gasteiger partial charge in [-0.05, 0) is 58.2 Å². The minimum Gasteiger partial charge on any atom is -0.369 e. The standard InChI is InChI=1S/C15H21NO3.C3H6/c1-11-9-12(14(2)5-4-6-17-14)16-13(10-11)15(3)18-7-8-19-15;1-3-2/h9-10H,4-8H2,1-3H3;3H,1H2,2H3. The van der Waals surface area contributed by atoms with Gasteiger partial charge in [-0.3, -0.25) is 0 Å². The minimum absolute atomic E-state index is 0.268. The molecule has 2 aliphatic heterocycles. The van der Waals surface area contributed by atoms with Crippen molar-refractivity contribution in [1.82, 2.24) is 4.98 Å². The van der Waals surface area contributed by atoms with Crippen LogP contribution in [-0.2, 0) is 25.6 Å². The van der Waals surface area contributed by atoms with Crippen molar-refractivity contribution in [3.8, 4) is 0 Å². The van der Waals surface area contributed by atoms with E-state index in [2.05, 4.69) is 26.5 Å². The summed E-state index contributed by atoms with van der Waals surface area (Å²) in [6.45, 7) is 13.4. The molecular formula is C18H27NO3. The van der Waals surface area contributed by atoms with Crippen molar-refractivity contribution in [1.29, 1.82) is 0 Å². The van der Waals surface area contributed by atoms with Crippen molar-refractivity contribution in [2.45, 2.75) is 51.9 Å². The third-order valence-electron chi connectivity index (χ3n) is 4.03. The van der Waals surface area contributed by atoms with Crippen molar-refractivity contribution >= 4 is 0 Å². The smallest absolute Gasteiger partial charge is 0.209 e. The van der Waals surface area contributed by atoms with E-state index in [9.17, 15) is 0 Å². The monoisotopic (exact) mass is 305 g/mol. The second-order valence-electron chi connectivity index (χ2n) is 6.15. The van der Waals surface area contributed by atoms with Crippen LogP contribution in [0.5, 0.6) is 0 Å². The number of pyridine rings is 1. The van der Waals surface area contributed by atoms with E-state index in [0.29, 0.717) is 13.2 Å². The number of nitrogens with zero attached hydrogens (tertiary/aromatic N) is 1. The Morgan fingerprint density at radius 3 is 2.23 bits per heavy atom. The Hall–Kier alpha value is -1.23. The third-order valence-corrected chi connectivity index (χ3v) is 4.03. The van der Waals surface area contributed by atoms with Gasteiger partial charge in [-0.15, -0.1) is 6.58 Å². The zero-order chi connectivity index (χ0) is 16.2. The quantitative estimate of drug-likeness (QED) is 0.779. The molecular weight excluding hydrogens is 278 g/mol. The van der Waals surface area contributed by atoms with E-state index in [1.54, 1.807) is 6.08 Å². The lowest BCUT2D eigenvalue weighted by molar-refractivity contribution is -0.153. The maximum Gasteiger partial charge on any atom is 0.209 e. The molecule has 4 heteroatoms. The van der Waals surface area contributed by atoms with Gasteiger partial charge in [0.25, 0.3) is 0 Å². The number of hydrogen-bond donors (Lipinski definition) is 0. The number of hydrogen-bond acceptors (Lipinski definition) is 4. The molecule has 2 saturated heterocycles. The molecule has 0 amide bonds. The molecule has 1 atom stereocenters. The Bertz CT molecular complexity index is 475. The number of rotatable bonds is 2. The molecule has 0 bridgehead atoms. The third kappa shape index (κ3) is 3.57. The van der Waals surface area contributed by atoms with Crippen LogP contribution in [-0.4, -0.2) is 24.8 Å². The lowest BCUT2D eigenvalue weighted by Crippen LogP contribution is -2.28. The summed E-state index contributed by atoms with van der Waals surface area (Å²) in [5.74, 6) is -0.713. The Morgan fingerprint density at radius 1 is 1.09 bits per heavy atom. The van der Waals surface area contributed by atoms with E-state index in [-0.39, 0.29) is 5.60 Å². The van der Waals surface area contributed by atoms with Crippen LogP contribution >= 0.6 is 0 Å². The average Bonchev–Trinajstić information content (AvgIpc) is 3.10. The van der Waals surface area contributed by atoms with E-state index >= 15 is 0 Å². The molecule has 122 valence electrons. The topological polar surface area (TPSA) is 40.6 Å². The summed E-state index contributed by atoms with van der Waals surface area (Å²) in [6.07, 6.45) is 3.85. The van der Waals surface area contributed by atoms with E-state index in [4.69, 9.17) is 19.2 Å². The summed E-state index contributed by atoms with van der Waals surface area (Å²) in [5, 5.41) is 0. The van der Waals surface area contributed by atoms with Crippen LogP contribution in [0.4, 0.5) is 0 Å². The number of allylic oxidation sites excluding steroid dienone is 1. The Morgan fingerprint density at radius 2 is 1.68 bits per heavy atom. The molecule has 0 spiro atoms. The highest BCUT2D eigenvalue weighted by Crippen LogP contribution is 2.37. The van der Waals surface area contributed by atoms with Crippen LogP contribution in [0.2, 0.25) is 0 Å². The fraction of sp³-hybridized carbons (Fsp3) is 0.611. The molecule has 0 aliphatic carbocycles. The SMILES string of the molecule is C=CC.Cc1cc(C2(C)CCCO2)nc(C2(C)OCCO2)c1. The largest absolute Gasteiger partial charge is 0.369 e. The molecule has 2 fully saturated rings. The van der Waals surface area contributed by atoms with Gasteiger partial charge in [0.1, 0.15) is 5.60 Å². The first-order valence-corrected chi connectivity index (χ1v) is 7.92. The molecule has 2 aliphatic rings. The Labute approximate surface area is 133 Å². The zero-order valence-electron chi connectivity index (χ0n) is 14.1. The maximum atomic E-state index is 5.89. The summed E-state index contributed by atoms with van der Waals surface area (Å²) in [6, 6.07) is 4.14. The van der Waals surface area contributed by atoms with Gasteiger partial charge >= 0.3 is 0 Å². The van der Waals surface area contributed by atoms with Crippen LogP contribution in [0.3, 0.4) is 0 Å². The molecule has 3 rings (SSSR count). The van der Waals surface area contributed by atoms with Crippen molar-refractivity contribution in [3.63, 3.8) is 0 Å². The predicted molar refractivity (Wildman–Crippen MR) is 86.6 cm³/mol. The lowest BCUT2D eigenvalue weighted by atomic mass is 9.96. The molecule has 0 N–H and O–H groups in total. The van der Waals surface area contributed by atoms with Crippen LogP contribution in [0.15, 0.2) is 24.8 Å². The molecule has 4 nitrogen and oxygen atoms in total. The van der Waals surface area contributed by atoms with Crippen molar-refractivity contribution < 1.29 is 14.2 Å². The average molecular weight is 305 g/mol. The fourth-order valence-corrected chi connectivity index (χ4v) is 2.81. The molecule has 0 aromatic carbocycles. The van der Waals surface area contributed by atoms with Gasteiger partial charge in [0, 0.05) is 6.61 Å². The van der Waals surface area contributed by atoms with Crippen LogP contribution < -0.4 is 0 Å². The van der Waals surface area contributed by atoms with E-state index < -0.39 is 5.79 Å². The van der Waals surface area contributed by atoms with Gasteiger partial charge in [-0.2, -0.15) is 0 Å². The van der Waals surface area contributed by atoms with E-state index in [0.717, 1.165) is 36.4 Å². The van der Waals surface area contributed by atoms with Crippen LogP contribution in [0.25, 0.3) is 0 Å². The molecule has 1 unspecified atom stereocenters. The summed E-state index contributed by atoms with van der Waals surface area (Å²) >= 11 is 0. The van der Waals surface area contributed by atoms with Crippen molar-refractivity contribution in [2.75, 3.05) is 19.8 Å². The maximum absolute atomic E-state index is 5.89. The number of ether oxygens (including phenoxy) is 3. The van der Waals surface area contributed by atoms with Gasteiger partial charge in [0.2, 0.25) is 5.79 Å². The second kappa shape index (κ2) is 6.90. The molecule has 0 radical (unpaired) electrons. The summed E-state index contributed by atoms with van der Waals surface area (Å²) in [5.41, 5.74) is 2.73. The first-order valence-electron chi connectivity index (χ1n) is 7.92. The lowest BCUT2D eigenvalue weighted by Gasteiger charge is -2.27. The Balaban J connectivity index is 0.000000545. The fourth-order valence-electron chi connectivity index (χ4n) is 2.81. The van der Waals surface area contributed by atoms with Crippen molar-refractivity contribution in [2.24, 2.45) is 0 Å². The van der Waals surface area contributed by atoms with Gasteiger partial charge in [0.05, 0.1) is 24.6 Å². The van der Waals surface area contributed by atoms with E-state index in [1.165, 1.54) is 0 Å². The summed E-state index contributed by atoms with van der Waals surface area (Å²) in [4.78, 5) is 4.77. The molecule has 22 heavy (non-hydrogen) atoms. The second-order valence-corrected chi connectivity index (χ2v) is 6.15. The number of aryl methyl sites for hydroxylation is 1. The van der Waals surface area contributed by atoms with Crippen molar-refractivity contribution in [3.05, 3.63) is 41.7 Å². The first kappa shape index (κ1) is 17.1. The van der Waals surface area contributed by atoms with Gasteiger partial charge in [-0.25, -0.2) is 4.98 Å². The van der Waals surface area contributed by atoms with Gasteiger partial charge in [-0.1, -0.05) is 6.08 Å². The highest BCUT2D eigenvalue weighted by Gasteiger charge is 2.38. The highest BCUT2D eigenvalue weighted by molar-refractivity contribution is 5.26. The van der Waals surface area contributed by atoms with Gasteiger partial charge < -0.3 is 14.2 Å². The highest BCUT2D eigenvalue weighted by atomic mass is 16.7. The normalized spacial score (nSPS) is 26.4. The first-order chi connectivity index (χ1) is 10.4. The molecule has 3 heterocycles. The summed E-state index contributed by atoms with van der Waals surface area (Å²) < 4.78 is 17.3. The molecule has 1 aromatic heterocycles. The Kier molecular flexibility index (Phi) is 5.37. The van der Waals surface area contributed by atoms with E-state index in [1.807, 2.05) is 19.9 Å². The predicted octanol–water partition coefficient (Wildman–Crippen LogP) is 3.83. The molecule has 1 aromatic rings. The van der Waals surface area contributed by atoms with Crippen LogP contribution in [0.1, 0.15) is 50.6 Å². The zero-order valence-corrected chi connectivity index (χ0v) is 14.1. The summed E-state index contributed by atoms with van der Waals surface area (Å²) in [7, 11) is 0. The van der Waals surface area contributed by atoms with Crippen LogP contribution in [0, 0.1) is 6.92 Å². The molecule has 0 saturated carbocycles. The minimum atomic E-state index is -0.713. The number of aromatic nitrogens is 1.